The highest BCUT2D eigenvalue weighted by molar-refractivity contribution is 5.87. The van der Waals surface area contributed by atoms with Gasteiger partial charge < -0.3 is 5.11 Å². The standard InChI is InChI=1S/C24H24FN3O2/c25-21-9-6-19(7-10-21)23(18-4-2-1-3-5-18)28-14-12-27(13-15-28)17-22-11-8-20(16-26-22)24(29)30/h1-11,16,23H,12-15,17H2,(H,29,30). The first-order valence-corrected chi connectivity index (χ1v) is 10.1. The minimum absolute atomic E-state index is 0.0851. The Bertz CT molecular complexity index is 970. The minimum atomic E-state index is -0.963. The summed E-state index contributed by atoms with van der Waals surface area (Å²) in [5.74, 6) is -1.19. The van der Waals surface area contributed by atoms with Crippen LogP contribution < -0.4 is 0 Å². The first-order chi connectivity index (χ1) is 14.6. The van der Waals surface area contributed by atoms with Gasteiger partial charge in [-0.2, -0.15) is 0 Å². The summed E-state index contributed by atoms with van der Waals surface area (Å²) in [6.07, 6.45) is 1.41. The molecule has 5 nitrogen and oxygen atoms in total. The smallest absolute Gasteiger partial charge is 0.337 e. The van der Waals surface area contributed by atoms with Gasteiger partial charge in [0.25, 0.3) is 0 Å². The zero-order valence-corrected chi connectivity index (χ0v) is 16.6. The number of pyridine rings is 1. The van der Waals surface area contributed by atoms with Crippen LogP contribution >= 0.6 is 0 Å². The number of carboxylic acid groups (broad SMARTS) is 1. The Labute approximate surface area is 175 Å². The third-order valence-electron chi connectivity index (χ3n) is 5.53. The lowest BCUT2D eigenvalue weighted by Crippen LogP contribution is -2.47. The summed E-state index contributed by atoms with van der Waals surface area (Å²) in [4.78, 5) is 20.0. The molecule has 2 heterocycles. The number of benzene rings is 2. The Hall–Kier alpha value is -3.09. The van der Waals surface area contributed by atoms with Crippen LogP contribution in [-0.2, 0) is 6.54 Å². The molecule has 0 spiro atoms. The lowest BCUT2D eigenvalue weighted by molar-refractivity contribution is 0.0696. The van der Waals surface area contributed by atoms with Gasteiger partial charge in [0.2, 0.25) is 0 Å². The molecule has 3 aromatic rings. The first kappa shape index (κ1) is 20.2. The molecular formula is C24H24FN3O2. The molecule has 1 saturated heterocycles. The zero-order valence-electron chi connectivity index (χ0n) is 16.6. The second-order valence-corrected chi connectivity index (χ2v) is 7.52. The molecule has 0 radical (unpaired) electrons. The predicted octanol–water partition coefficient (Wildman–Crippen LogP) is 3.83. The van der Waals surface area contributed by atoms with E-state index in [9.17, 15) is 9.18 Å². The Morgan fingerprint density at radius 1 is 0.933 bits per heavy atom. The van der Waals surface area contributed by atoms with Crippen molar-refractivity contribution in [3.63, 3.8) is 0 Å². The van der Waals surface area contributed by atoms with Crippen LogP contribution in [-0.4, -0.2) is 52.0 Å². The Balaban J connectivity index is 1.45. The van der Waals surface area contributed by atoms with Crippen LogP contribution in [0, 0.1) is 5.82 Å². The summed E-state index contributed by atoms with van der Waals surface area (Å²) in [7, 11) is 0. The number of rotatable bonds is 6. The summed E-state index contributed by atoms with van der Waals surface area (Å²) in [6, 6.07) is 20.6. The fraction of sp³-hybridized carbons (Fsp3) is 0.250. The molecule has 1 fully saturated rings. The van der Waals surface area contributed by atoms with Crippen LogP contribution in [0.1, 0.15) is 33.2 Å². The number of aromatic nitrogens is 1. The number of carbonyl (C=O) groups is 1. The van der Waals surface area contributed by atoms with Crippen molar-refractivity contribution < 1.29 is 14.3 Å². The van der Waals surface area contributed by atoms with Gasteiger partial charge in [0, 0.05) is 38.9 Å². The molecule has 1 N–H and O–H groups in total. The van der Waals surface area contributed by atoms with E-state index < -0.39 is 5.97 Å². The van der Waals surface area contributed by atoms with Gasteiger partial charge in [-0.1, -0.05) is 42.5 Å². The largest absolute Gasteiger partial charge is 0.478 e. The summed E-state index contributed by atoms with van der Waals surface area (Å²) < 4.78 is 13.5. The van der Waals surface area contributed by atoms with Crippen LogP contribution in [0.15, 0.2) is 72.9 Å². The quantitative estimate of drug-likeness (QED) is 0.676. The molecule has 30 heavy (non-hydrogen) atoms. The van der Waals surface area contributed by atoms with E-state index in [1.54, 1.807) is 12.1 Å². The van der Waals surface area contributed by atoms with Crippen molar-refractivity contribution >= 4 is 5.97 Å². The lowest BCUT2D eigenvalue weighted by atomic mass is 9.96. The number of piperazine rings is 1. The number of carboxylic acids is 1. The molecule has 0 amide bonds. The third-order valence-corrected chi connectivity index (χ3v) is 5.53. The summed E-state index contributed by atoms with van der Waals surface area (Å²) in [6.45, 7) is 4.22. The highest BCUT2D eigenvalue weighted by Crippen LogP contribution is 2.29. The number of hydrogen-bond donors (Lipinski definition) is 1. The van der Waals surface area contributed by atoms with Gasteiger partial charge >= 0.3 is 5.97 Å². The van der Waals surface area contributed by atoms with Crippen molar-refractivity contribution in [1.82, 2.24) is 14.8 Å². The van der Waals surface area contributed by atoms with E-state index in [1.165, 1.54) is 23.9 Å². The van der Waals surface area contributed by atoms with Crippen molar-refractivity contribution in [1.29, 1.82) is 0 Å². The van der Waals surface area contributed by atoms with E-state index in [4.69, 9.17) is 5.11 Å². The maximum absolute atomic E-state index is 13.5. The van der Waals surface area contributed by atoms with Crippen LogP contribution in [0.5, 0.6) is 0 Å². The number of hydrogen-bond acceptors (Lipinski definition) is 4. The van der Waals surface area contributed by atoms with Gasteiger partial charge in [-0.05, 0) is 35.4 Å². The van der Waals surface area contributed by atoms with Crippen LogP contribution in [0.2, 0.25) is 0 Å². The number of nitrogens with zero attached hydrogens (tertiary/aromatic N) is 3. The van der Waals surface area contributed by atoms with Gasteiger partial charge in [0.15, 0.2) is 0 Å². The van der Waals surface area contributed by atoms with Crippen molar-refractivity contribution in [3.05, 3.63) is 101 Å². The highest BCUT2D eigenvalue weighted by atomic mass is 19.1. The van der Waals surface area contributed by atoms with Crippen LogP contribution in [0.25, 0.3) is 0 Å². The molecule has 0 bridgehead atoms. The summed E-state index contributed by atoms with van der Waals surface area (Å²) in [5.41, 5.74) is 3.35. The molecule has 1 aliphatic heterocycles. The van der Waals surface area contributed by atoms with Gasteiger partial charge in [0.05, 0.1) is 17.3 Å². The average Bonchev–Trinajstić information content (AvgIpc) is 2.78. The normalized spacial score (nSPS) is 16.3. The first-order valence-electron chi connectivity index (χ1n) is 10.1. The SMILES string of the molecule is O=C(O)c1ccc(CN2CCN(C(c3ccccc3)c3ccc(F)cc3)CC2)nc1. The van der Waals surface area contributed by atoms with E-state index >= 15 is 0 Å². The number of aromatic carboxylic acids is 1. The van der Waals surface area contributed by atoms with Crippen molar-refractivity contribution in [2.45, 2.75) is 12.6 Å². The fourth-order valence-corrected chi connectivity index (χ4v) is 3.95. The second-order valence-electron chi connectivity index (χ2n) is 7.52. The number of halogens is 1. The Kier molecular flexibility index (Phi) is 6.16. The van der Waals surface area contributed by atoms with E-state index in [0.717, 1.165) is 37.4 Å². The molecule has 1 unspecified atom stereocenters. The van der Waals surface area contributed by atoms with Crippen molar-refractivity contribution in [2.24, 2.45) is 0 Å². The Morgan fingerprint density at radius 3 is 2.20 bits per heavy atom. The van der Waals surface area contributed by atoms with Gasteiger partial charge in [0.1, 0.15) is 5.82 Å². The van der Waals surface area contributed by atoms with E-state index in [1.807, 2.05) is 30.3 Å². The second kappa shape index (κ2) is 9.15. The minimum Gasteiger partial charge on any atom is -0.478 e. The average molecular weight is 405 g/mol. The van der Waals surface area contributed by atoms with Crippen molar-refractivity contribution in [2.75, 3.05) is 26.2 Å². The topological polar surface area (TPSA) is 56.7 Å². The van der Waals surface area contributed by atoms with Gasteiger partial charge in [-0.15, -0.1) is 0 Å². The lowest BCUT2D eigenvalue weighted by Gasteiger charge is -2.39. The molecule has 1 aromatic heterocycles. The molecule has 2 aromatic carbocycles. The maximum Gasteiger partial charge on any atom is 0.337 e. The fourth-order valence-electron chi connectivity index (χ4n) is 3.95. The molecule has 6 heteroatoms. The van der Waals surface area contributed by atoms with E-state index in [-0.39, 0.29) is 17.4 Å². The molecule has 4 rings (SSSR count). The van der Waals surface area contributed by atoms with Gasteiger partial charge in [-0.3, -0.25) is 14.8 Å². The van der Waals surface area contributed by atoms with E-state index in [2.05, 4.69) is 26.9 Å². The summed E-state index contributed by atoms with van der Waals surface area (Å²) in [5, 5.41) is 9.00. The third kappa shape index (κ3) is 4.72. The molecule has 1 aliphatic rings. The Morgan fingerprint density at radius 2 is 1.60 bits per heavy atom. The molecule has 0 saturated carbocycles. The van der Waals surface area contributed by atoms with Gasteiger partial charge in [-0.25, -0.2) is 9.18 Å². The monoisotopic (exact) mass is 405 g/mol. The molecule has 154 valence electrons. The van der Waals surface area contributed by atoms with Crippen LogP contribution in [0.4, 0.5) is 4.39 Å². The highest BCUT2D eigenvalue weighted by Gasteiger charge is 2.26. The molecule has 1 atom stereocenters. The zero-order chi connectivity index (χ0) is 20.9. The predicted molar refractivity (Wildman–Crippen MR) is 113 cm³/mol. The van der Waals surface area contributed by atoms with E-state index in [0.29, 0.717) is 6.54 Å². The van der Waals surface area contributed by atoms with Crippen LogP contribution in [0.3, 0.4) is 0 Å². The molecular weight excluding hydrogens is 381 g/mol. The summed E-state index contributed by atoms with van der Waals surface area (Å²) >= 11 is 0. The molecule has 0 aliphatic carbocycles. The van der Waals surface area contributed by atoms with Crippen molar-refractivity contribution in [3.8, 4) is 0 Å². The maximum atomic E-state index is 13.5.